The van der Waals surface area contributed by atoms with E-state index >= 15 is 0 Å². The van der Waals surface area contributed by atoms with Gasteiger partial charge in [0.25, 0.3) is 0 Å². The smallest absolute Gasteiger partial charge is 0.330 e. The van der Waals surface area contributed by atoms with Crippen LogP contribution in [0.5, 0.6) is 0 Å². The number of rotatable bonds is 7. The molecule has 0 N–H and O–H groups in total. The van der Waals surface area contributed by atoms with Crippen LogP contribution in [0.25, 0.3) is 0 Å². The van der Waals surface area contributed by atoms with Gasteiger partial charge in [0, 0.05) is 6.08 Å². The fourth-order valence-electron chi connectivity index (χ4n) is 0.969. The molecule has 0 spiro atoms. The molecular formula is C11H16O3. The van der Waals surface area contributed by atoms with Gasteiger partial charge in [0.15, 0.2) is 11.9 Å². The average molecular weight is 196 g/mol. The largest absolute Gasteiger partial charge is 0.451 e. The molecule has 0 aliphatic heterocycles. The Hall–Kier alpha value is -1.38. The number of carbonyl (C=O) groups excluding carboxylic acids is 2. The summed E-state index contributed by atoms with van der Waals surface area (Å²) < 4.78 is 4.88. The predicted molar refractivity (Wildman–Crippen MR) is 54.8 cm³/mol. The van der Waals surface area contributed by atoms with E-state index in [0.29, 0.717) is 6.42 Å². The summed E-state index contributed by atoms with van der Waals surface area (Å²) in [5.74, 6) is -0.824. The van der Waals surface area contributed by atoms with Gasteiger partial charge in [-0.2, -0.15) is 0 Å². The number of hydrogen-bond acceptors (Lipinski definition) is 3. The van der Waals surface area contributed by atoms with Crippen molar-refractivity contribution in [1.82, 2.24) is 0 Å². The molecule has 0 aromatic rings. The number of carbonyl (C=O) groups is 2. The third-order valence-electron chi connectivity index (χ3n) is 1.76. The molecule has 0 aliphatic rings. The fourth-order valence-corrected chi connectivity index (χ4v) is 0.969. The third kappa shape index (κ3) is 4.60. The van der Waals surface area contributed by atoms with Gasteiger partial charge in [-0.3, -0.25) is 4.79 Å². The first-order chi connectivity index (χ1) is 6.65. The lowest BCUT2D eigenvalue weighted by Crippen LogP contribution is -2.25. The molecule has 0 saturated carbocycles. The van der Waals surface area contributed by atoms with Crippen LogP contribution in [-0.4, -0.2) is 17.9 Å². The van der Waals surface area contributed by atoms with Crippen LogP contribution in [0, 0.1) is 0 Å². The van der Waals surface area contributed by atoms with Crippen molar-refractivity contribution in [3.63, 3.8) is 0 Å². The Kier molecular flexibility index (Phi) is 6.37. The fraction of sp³-hybridized carbons (Fsp3) is 0.455. The number of unbranched alkanes of at least 4 members (excludes halogenated alkanes) is 1. The second-order valence-corrected chi connectivity index (χ2v) is 2.88. The Balaban J connectivity index is 4.23. The van der Waals surface area contributed by atoms with E-state index < -0.39 is 12.1 Å². The zero-order valence-corrected chi connectivity index (χ0v) is 8.49. The second kappa shape index (κ2) is 7.06. The van der Waals surface area contributed by atoms with Crippen molar-refractivity contribution in [2.24, 2.45) is 0 Å². The van der Waals surface area contributed by atoms with E-state index in [2.05, 4.69) is 13.2 Å². The first kappa shape index (κ1) is 12.6. The van der Waals surface area contributed by atoms with Crippen LogP contribution in [0.15, 0.2) is 25.3 Å². The minimum Gasteiger partial charge on any atom is -0.451 e. The lowest BCUT2D eigenvalue weighted by atomic mass is 10.1. The lowest BCUT2D eigenvalue weighted by Gasteiger charge is -2.13. The number of ether oxygens (including phenoxy) is 1. The summed E-state index contributed by atoms with van der Waals surface area (Å²) in [6, 6.07) is 0. The van der Waals surface area contributed by atoms with Gasteiger partial charge >= 0.3 is 5.97 Å². The van der Waals surface area contributed by atoms with E-state index in [0.717, 1.165) is 18.9 Å². The molecule has 78 valence electrons. The Morgan fingerprint density at radius 1 is 1.36 bits per heavy atom. The van der Waals surface area contributed by atoms with Crippen LogP contribution >= 0.6 is 0 Å². The van der Waals surface area contributed by atoms with Crippen LogP contribution in [0.4, 0.5) is 0 Å². The standard InChI is InChI=1S/C11H16O3/c1-4-7-8-10(9(12)5-2)14-11(13)6-3/h5-6,10H,2-4,7-8H2,1H3. The van der Waals surface area contributed by atoms with Crippen LogP contribution < -0.4 is 0 Å². The van der Waals surface area contributed by atoms with E-state index in [9.17, 15) is 9.59 Å². The van der Waals surface area contributed by atoms with Gasteiger partial charge in [-0.1, -0.05) is 26.5 Å². The molecule has 14 heavy (non-hydrogen) atoms. The molecule has 3 heteroatoms. The van der Waals surface area contributed by atoms with Gasteiger partial charge < -0.3 is 4.74 Å². The highest BCUT2D eigenvalue weighted by Gasteiger charge is 2.18. The van der Waals surface area contributed by atoms with Crippen LogP contribution in [0.1, 0.15) is 26.2 Å². The predicted octanol–water partition coefficient (Wildman–Crippen LogP) is 2.03. The first-order valence-electron chi connectivity index (χ1n) is 4.65. The number of hydrogen-bond donors (Lipinski definition) is 0. The van der Waals surface area contributed by atoms with Gasteiger partial charge in [0.1, 0.15) is 0 Å². The summed E-state index contributed by atoms with van der Waals surface area (Å²) in [7, 11) is 0. The molecule has 1 atom stereocenters. The summed E-state index contributed by atoms with van der Waals surface area (Å²) in [6.45, 7) is 8.63. The van der Waals surface area contributed by atoms with Crippen molar-refractivity contribution in [2.45, 2.75) is 32.3 Å². The Bertz CT molecular complexity index is 231. The number of esters is 1. The molecule has 0 radical (unpaired) electrons. The summed E-state index contributed by atoms with van der Waals surface area (Å²) in [5, 5.41) is 0. The topological polar surface area (TPSA) is 43.4 Å². The molecule has 0 aromatic carbocycles. The molecular weight excluding hydrogens is 180 g/mol. The second-order valence-electron chi connectivity index (χ2n) is 2.88. The van der Waals surface area contributed by atoms with E-state index in [1.807, 2.05) is 6.92 Å². The SMILES string of the molecule is C=CC(=O)OC(CCCC)C(=O)C=C. The summed E-state index contributed by atoms with van der Waals surface area (Å²) in [6.07, 6.45) is 3.87. The quantitative estimate of drug-likeness (QED) is 0.462. The van der Waals surface area contributed by atoms with Crippen LogP contribution in [0.3, 0.4) is 0 Å². The molecule has 0 saturated heterocycles. The van der Waals surface area contributed by atoms with Crippen molar-refractivity contribution in [3.8, 4) is 0 Å². The molecule has 3 nitrogen and oxygen atoms in total. The summed E-state index contributed by atoms with van der Waals surface area (Å²) in [4.78, 5) is 22.1. The van der Waals surface area contributed by atoms with Crippen molar-refractivity contribution < 1.29 is 14.3 Å². The molecule has 0 rings (SSSR count). The van der Waals surface area contributed by atoms with Gasteiger partial charge in [0.05, 0.1) is 0 Å². The van der Waals surface area contributed by atoms with Gasteiger partial charge in [-0.15, -0.1) is 0 Å². The van der Waals surface area contributed by atoms with E-state index in [-0.39, 0.29) is 5.78 Å². The van der Waals surface area contributed by atoms with Gasteiger partial charge in [-0.25, -0.2) is 4.79 Å². The van der Waals surface area contributed by atoms with Crippen LogP contribution in [-0.2, 0) is 14.3 Å². The van der Waals surface area contributed by atoms with Gasteiger partial charge in [-0.05, 0) is 18.9 Å². The average Bonchev–Trinajstić information content (AvgIpc) is 2.22. The third-order valence-corrected chi connectivity index (χ3v) is 1.76. The molecule has 0 bridgehead atoms. The van der Waals surface area contributed by atoms with Crippen molar-refractivity contribution >= 4 is 11.8 Å². The molecule has 0 aliphatic carbocycles. The van der Waals surface area contributed by atoms with Crippen molar-refractivity contribution in [3.05, 3.63) is 25.3 Å². The highest BCUT2D eigenvalue weighted by Crippen LogP contribution is 2.07. The first-order valence-corrected chi connectivity index (χ1v) is 4.65. The maximum Gasteiger partial charge on any atom is 0.330 e. The molecule has 0 fully saturated rings. The lowest BCUT2D eigenvalue weighted by molar-refractivity contribution is -0.149. The zero-order valence-electron chi connectivity index (χ0n) is 8.49. The maximum absolute atomic E-state index is 11.2. The molecule has 1 unspecified atom stereocenters. The van der Waals surface area contributed by atoms with Crippen molar-refractivity contribution in [1.29, 1.82) is 0 Å². The molecule has 0 heterocycles. The molecule has 0 amide bonds. The Labute approximate surface area is 84.4 Å². The van der Waals surface area contributed by atoms with Crippen molar-refractivity contribution in [2.75, 3.05) is 0 Å². The minimum absolute atomic E-state index is 0.256. The van der Waals surface area contributed by atoms with Crippen LogP contribution in [0.2, 0.25) is 0 Å². The Morgan fingerprint density at radius 3 is 2.43 bits per heavy atom. The monoisotopic (exact) mass is 196 g/mol. The Morgan fingerprint density at radius 2 is 2.00 bits per heavy atom. The summed E-state index contributed by atoms with van der Waals surface area (Å²) >= 11 is 0. The van der Waals surface area contributed by atoms with E-state index in [4.69, 9.17) is 4.74 Å². The number of ketones is 1. The van der Waals surface area contributed by atoms with E-state index in [1.54, 1.807) is 0 Å². The van der Waals surface area contributed by atoms with Gasteiger partial charge in [0.2, 0.25) is 0 Å². The summed E-state index contributed by atoms with van der Waals surface area (Å²) in [5.41, 5.74) is 0. The van der Waals surface area contributed by atoms with E-state index in [1.165, 1.54) is 6.08 Å². The normalized spacial score (nSPS) is 11.5. The minimum atomic E-state index is -0.696. The highest BCUT2D eigenvalue weighted by molar-refractivity contribution is 5.95. The molecule has 0 aromatic heterocycles. The zero-order chi connectivity index (χ0) is 11.0. The highest BCUT2D eigenvalue weighted by atomic mass is 16.5. The maximum atomic E-state index is 11.2.